The molecule has 0 unspecified atom stereocenters. The number of rotatable bonds is 11. The molecule has 0 fully saturated rings. The van der Waals surface area contributed by atoms with Crippen LogP contribution in [-0.4, -0.2) is 41.6 Å². The molecule has 0 saturated heterocycles. The highest BCUT2D eigenvalue weighted by Crippen LogP contribution is 2.18. The zero-order chi connectivity index (χ0) is 19.6. The van der Waals surface area contributed by atoms with Gasteiger partial charge in [0.25, 0.3) is 0 Å². The number of oxazole rings is 1. The lowest BCUT2D eigenvalue weighted by Gasteiger charge is -2.20. The molecule has 1 heterocycles. The number of benzene rings is 2. The molecule has 0 spiro atoms. The molecule has 0 atom stereocenters. The van der Waals surface area contributed by atoms with Gasteiger partial charge in [0.15, 0.2) is 5.58 Å². The standard InChI is InChI=1S/C24H30N2O2.ClH.H2O/c1-3-16-26(17-4-2)18-7-19-27-21-13-10-20(11-14-21)12-15-24-25-22-8-5-6-9-23(22)28-24;;/h5-6,8-15H,3-4,7,16-19H2,1-2H3;1H;1H2/b15-12+;;. The van der Waals surface area contributed by atoms with Crippen molar-refractivity contribution in [3.63, 3.8) is 0 Å². The average molecular weight is 433 g/mol. The van der Waals surface area contributed by atoms with Gasteiger partial charge in [-0.2, -0.15) is 0 Å². The summed E-state index contributed by atoms with van der Waals surface area (Å²) in [6, 6.07) is 15.9. The van der Waals surface area contributed by atoms with Crippen molar-refractivity contribution in [1.82, 2.24) is 9.88 Å². The molecule has 0 bridgehead atoms. The van der Waals surface area contributed by atoms with Gasteiger partial charge in [0.2, 0.25) is 5.89 Å². The molecule has 0 aliphatic heterocycles. The Hall–Kier alpha value is -2.34. The summed E-state index contributed by atoms with van der Waals surface area (Å²) in [5.41, 5.74) is 2.77. The van der Waals surface area contributed by atoms with Gasteiger partial charge < -0.3 is 19.5 Å². The minimum absolute atomic E-state index is 0. The number of nitrogens with zero attached hydrogens (tertiary/aromatic N) is 2. The van der Waals surface area contributed by atoms with Gasteiger partial charge in [-0.25, -0.2) is 4.98 Å². The molecule has 0 amide bonds. The quantitative estimate of drug-likeness (QED) is 0.376. The predicted molar refractivity (Wildman–Crippen MR) is 127 cm³/mol. The SMILES string of the molecule is CCCN(CCC)CCCOc1ccc(/C=C/c2nc3ccccc3o2)cc1.Cl.O. The fraction of sp³-hybridized carbons (Fsp3) is 0.375. The van der Waals surface area contributed by atoms with E-state index < -0.39 is 0 Å². The Bertz CT molecular complexity index is 839. The minimum Gasteiger partial charge on any atom is -0.494 e. The van der Waals surface area contributed by atoms with Gasteiger partial charge >= 0.3 is 0 Å². The maximum atomic E-state index is 5.89. The Morgan fingerprint density at radius 2 is 1.63 bits per heavy atom. The fourth-order valence-electron chi connectivity index (χ4n) is 3.25. The zero-order valence-corrected chi connectivity index (χ0v) is 18.7. The summed E-state index contributed by atoms with van der Waals surface area (Å²) >= 11 is 0. The van der Waals surface area contributed by atoms with Crippen LogP contribution in [0.3, 0.4) is 0 Å². The van der Waals surface area contributed by atoms with Crippen LogP contribution >= 0.6 is 12.4 Å². The first-order chi connectivity index (χ1) is 13.8. The van der Waals surface area contributed by atoms with Gasteiger partial charge in [-0.15, -0.1) is 12.4 Å². The number of aromatic nitrogens is 1. The van der Waals surface area contributed by atoms with Crippen molar-refractivity contribution in [3.8, 4) is 5.75 Å². The van der Waals surface area contributed by atoms with Gasteiger partial charge in [0.1, 0.15) is 11.3 Å². The summed E-state index contributed by atoms with van der Waals surface area (Å²) in [7, 11) is 0. The fourth-order valence-corrected chi connectivity index (χ4v) is 3.25. The molecule has 3 aromatic rings. The Labute approximate surface area is 185 Å². The molecule has 0 aliphatic carbocycles. The highest BCUT2D eigenvalue weighted by atomic mass is 35.5. The van der Waals surface area contributed by atoms with E-state index in [0.29, 0.717) is 5.89 Å². The second-order valence-electron chi connectivity index (χ2n) is 6.97. The number of halogens is 1. The largest absolute Gasteiger partial charge is 0.494 e. The van der Waals surface area contributed by atoms with Gasteiger partial charge in [0.05, 0.1) is 6.61 Å². The molecule has 30 heavy (non-hydrogen) atoms. The highest BCUT2D eigenvalue weighted by molar-refractivity contribution is 5.85. The molecule has 0 saturated carbocycles. The van der Waals surface area contributed by atoms with E-state index in [1.807, 2.05) is 48.6 Å². The van der Waals surface area contributed by atoms with E-state index in [0.717, 1.165) is 42.0 Å². The van der Waals surface area contributed by atoms with Crippen LogP contribution in [0.2, 0.25) is 0 Å². The predicted octanol–water partition coefficient (Wildman–Crippen LogP) is 5.49. The van der Waals surface area contributed by atoms with Crippen LogP contribution in [0.25, 0.3) is 23.3 Å². The second-order valence-corrected chi connectivity index (χ2v) is 6.97. The summed E-state index contributed by atoms with van der Waals surface area (Å²) in [5.74, 6) is 1.53. The molecule has 6 heteroatoms. The molecule has 3 rings (SSSR count). The molecule has 0 aliphatic rings. The first kappa shape index (κ1) is 25.7. The van der Waals surface area contributed by atoms with Crippen LogP contribution in [0.4, 0.5) is 0 Å². The lowest BCUT2D eigenvalue weighted by atomic mass is 10.2. The number of fused-ring (bicyclic) bond motifs is 1. The summed E-state index contributed by atoms with van der Waals surface area (Å²) in [4.78, 5) is 6.97. The van der Waals surface area contributed by atoms with Crippen molar-refractivity contribution < 1.29 is 14.6 Å². The third kappa shape index (κ3) is 7.82. The van der Waals surface area contributed by atoms with E-state index in [1.165, 1.54) is 25.9 Å². The Balaban J connectivity index is 0.00000225. The minimum atomic E-state index is 0. The maximum Gasteiger partial charge on any atom is 0.220 e. The molecule has 1 aromatic heterocycles. The van der Waals surface area contributed by atoms with Crippen molar-refractivity contribution in [1.29, 1.82) is 0 Å². The monoisotopic (exact) mass is 432 g/mol. The van der Waals surface area contributed by atoms with Gasteiger partial charge in [-0.3, -0.25) is 0 Å². The van der Waals surface area contributed by atoms with E-state index in [-0.39, 0.29) is 17.9 Å². The first-order valence-corrected chi connectivity index (χ1v) is 10.3. The Morgan fingerprint density at radius 1 is 0.933 bits per heavy atom. The maximum absolute atomic E-state index is 5.89. The van der Waals surface area contributed by atoms with Crippen LogP contribution in [0.1, 0.15) is 44.6 Å². The smallest absolute Gasteiger partial charge is 0.220 e. The number of ether oxygens (including phenoxy) is 1. The van der Waals surface area contributed by atoms with Crippen LogP contribution in [0.5, 0.6) is 5.75 Å². The lowest BCUT2D eigenvalue weighted by Crippen LogP contribution is -2.27. The van der Waals surface area contributed by atoms with Gasteiger partial charge in [-0.05, 0) is 68.3 Å². The third-order valence-electron chi connectivity index (χ3n) is 4.58. The first-order valence-electron chi connectivity index (χ1n) is 10.3. The van der Waals surface area contributed by atoms with Crippen molar-refractivity contribution >= 4 is 35.7 Å². The average Bonchev–Trinajstić information content (AvgIpc) is 3.14. The zero-order valence-electron chi connectivity index (χ0n) is 17.8. The normalized spacial score (nSPS) is 10.9. The van der Waals surface area contributed by atoms with Crippen LogP contribution in [0, 0.1) is 0 Å². The van der Waals surface area contributed by atoms with Gasteiger partial charge in [-0.1, -0.05) is 38.1 Å². The van der Waals surface area contributed by atoms with Crippen LogP contribution in [-0.2, 0) is 0 Å². The molecule has 5 nitrogen and oxygen atoms in total. The summed E-state index contributed by atoms with van der Waals surface area (Å²) < 4.78 is 11.6. The molecule has 0 radical (unpaired) electrons. The van der Waals surface area contributed by atoms with Crippen molar-refractivity contribution in [2.75, 3.05) is 26.2 Å². The van der Waals surface area contributed by atoms with Crippen molar-refractivity contribution in [3.05, 3.63) is 60.0 Å². The Morgan fingerprint density at radius 3 is 2.30 bits per heavy atom. The number of hydrogen-bond donors (Lipinski definition) is 0. The van der Waals surface area contributed by atoms with E-state index in [2.05, 4.69) is 35.9 Å². The molecule has 2 N–H and O–H groups in total. The van der Waals surface area contributed by atoms with Crippen molar-refractivity contribution in [2.24, 2.45) is 0 Å². The lowest BCUT2D eigenvalue weighted by molar-refractivity contribution is 0.234. The van der Waals surface area contributed by atoms with Gasteiger partial charge in [0, 0.05) is 12.6 Å². The highest BCUT2D eigenvalue weighted by Gasteiger charge is 2.03. The van der Waals surface area contributed by atoms with E-state index in [4.69, 9.17) is 9.15 Å². The van der Waals surface area contributed by atoms with Crippen LogP contribution in [0.15, 0.2) is 52.9 Å². The Kier molecular flexibility index (Phi) is 11.8. The summed E-state index contributed by atoms with van der Waals surface area (Å²) in [6.07, 6.45) is 7.37. The second kappa shape index (κ2) is 13.8. The topological polar surface area (TPSA) is 70.0 Å². The summed E-state index contributed by atoms with van der Waals surface area (Å²) in [6.45, 7) is 8.68. The third-order valence-corrected chi connectivity index (χ3v) is 4.58. The van der Waals surface area contributed by atoms with E-state index in [9.17, 15) is 0 Å². The van der Waals surface area contributed by atoms with Crippen LogP contribution < -0.4 is 4.74 Å². The van der Waals surface area contributed by atoms with E-state index >= 15 is 0 Å². The number of para-hydroxylation sites is 2. The molecule has 2 aromatic carbocycles. The van der Waals surface area contributed by atoms with E-state index in [1.54, 1.807) is 0 Å². The molecular formula is C24H33ClN2O3. The summed E-state index contributed by atoms with van der Waals surface area (Å²) in [5, 5.41) is 0. The molecule has 164 valence electrons. The number of hydrogen-bond acceptors (Lipinski definition) is 4. The molecular weight excluding hydrogens is 400 g/mol. The van der Waals surface area contributed by atoms with Crippen molar-refractivity contribution in [2.45, 2.75) is 33.1 Å².